The van der Waals surface area contributed by atoms with Crippen LogP contribution in [0.3, 0.4) is 0 Å². The largest absolute Gasteiger partial charge is 0.460 e. The summed E-state index contributed by atoms with van der Waals surface area (Å²) in [6.07, 6.45) is -0.393. The molecule has 0 aliphatic rings. The molecule has 166 valence electrons. The summed E-state index contributed by atoms with van der Waals surface area (Å²) in [4.78, 5) is 37.3. The maximum absolute atomic E-state index is 12.9. The van der Waals surface area contributed by atoms with E-state index in [1.54, 1.807) is 20.8 Å². The number of hydrogen-bond acceptors (Lipinski definition) is 5. The van der Waals surface area contributed by atoms with Crippen molar-refractivity contribution in [1.29, 1.82) is 0 Å². The van der Waals surface area contributed by atoms with E-state index in [0.29, 0.717) is 0 Å². The number of carbonyl (C=O) groups excluding carboxylic acids is 3. The summed E-state index contributed by atoms with van der Waals surface area (Å²) >= 11 is 0. The van der Waals surface area contributed by atoms with Gasteiger partial charge in [-0.05, 0) is 45.2 Å². The van der Waals surface area contributed by atoms with Gasteiger partial charge in [0.25, 0.3) is 0 Å². The first kappa shape index (κ1) is 24.1. The predicted molar refractivity (Wildman–Crippen MR) is 119 cm³/mol. The van der Waals surface area contributed by atoms with E-state index >= 15 is 0 Å². The lowest BCUT2D eigenvalue weighted by Crippen LogP contribution is -2.42. The van der Waals surface area contributed by atoms with Gasteiger partial charge in [-0.15, -0.1) is 0 Å². The highest BCUT2D eigenvalue weighted by atomic mass is 16.6. The summed E-state index contributed by atoms with van der Waals surface area (Å²) in [5, 5.41) is 2.62. The minimum Gasteiger partial charge on any atom is -0.460 e. The zero-order chi connectivity index (χ0) is 22.9. The first-order chi connectivity index (χ1) is 14.6. The highest BCUT2D eigenvalue weighted by molar-refractivity contribution is 5.89. The van der Waals surface area contributed by atoms with Crippen molar-refractivity contribution < 1.29 is 23.9 Å². The second-order valence-electron chi connectivity index (χ2n) is 8.52. The third kappa shape index (κ3) is 9.47. The molecule has 1 amide bonds. The van der Waals surface area contributed by atoms with Gasteiger partial charge < -0.3 is 14.8 Å². The summed E-state index contributed by atoms with van der Waals surface area (Å²) in [6.45, 7) is 7.39. The van der Waals surface area contributed by atoms with Gasteiger partial charge in [-0.1, -0.05) is 60.2 Å². The highest BCUT2D eigenvalue weighted by Crippen LogP contribution is 2.13. The molecule has 0 bridgehead atoms. The van der Waals surface area contributed by atoms with E-state index in [-0.39, 0.29) is 31.7 Å². The molecule has 2 rings (SSSR count). The Labute approximate surface area is 183 Å². The van der Waals surface area contributed by atoms with Gasteiger partial charge in [-0.2, -0.15) is 0 Å². The Bertz CT molecular complexity index is 886. The molecule has 1 N–H and O–H groups in total. The van der Waals surface area contributed by atoms with Crippen LogP contribution in [0.5, 0.6) is 0 Å². The molecule has 0 aromatic heterocycles. The number of carbonyl (C=O) groups is 3. The lowest BCUT2D eigenvalue weighted by atomic mass is 9.99. The molecular weight excluding hydrogens is 394 g/mol. The molecule has 31 heavy (non-hydrogen) atoms. The summed E-state index contributed by atoms with van der Waals surface area (Å²) in [7, 11) is 0. The molecule has 0 aliphatic heterocycles. The maximum Gasteiger partial charge on any atom is 0.408 e. The van der Waals surface area contributed by atoms with Crippen molar-refractivity contribution in [3.63, 3.8) is 0 Å². The number of Topliss-reactive ketones (excluding diaryl/α,β-unsaturated/α-hetero) is 1. The van der Waals surface area contributed by atoms with Crippen LogP contribution in [0.15, 0.2) is 54.6 Å². The second kappa shape index (κ2) is 11.3. The Morgan fingerprint density at radius 1 is 0.968 bits per heavy atom. The molecule has 6 nitrogen and oxygen atoms in total. The molecule has 0 fully saturated rings. The first-order valence-corrected chi connectivity index (χ1v) is 10.4. The average Bonchev–Trinajstić information content (AvgIpc) is 2.69. The normalized spacial score (nSPS) is 12.0. The van der Waals surface area contributed by atoms with Gasteiger partial charge >= 0.3 is 12.1 Å². The number of benzene rings is 2. The van der Waals surface area contributed by atoms with Crippen molar-refractivity contribution in [2.75, 3.05) is 0 Å². The minimum atomic E-state index is -0.851. The number of alkyl carbamates (subject to hydrolysis) is 1. The monoisotopic (exact) mass is 425 g/mol. The fourth-order valence-electron chi connectivity index (χ4n) is 3.02. The van der Waals surface area contributed by atoms with E-state index in [0.717, 1.165) is 16.7 Å². The molecule has 0 spiro atoms. The van der Waals surface area contributed by atoms with Crippen molar-refractivity contribution >= 4 is 17.8 Å². The number of esters is 1. The van der Waals surface area contributed by atoms with Crippen LogP contribution in [-0.4, -0.2) is 29.5 Å². The van der Waals surface area contributed by atoms with Crippen molar-refractivity contribution in [3.8, 4) is 0 Å². The molecule has 0 saturated carbocycles. The lowest BCUT2D eigenvalue weighted by molar-refractivity contribution is -0.155. The number of ketones is 1. The average molecular weight is 426 g/mol. The van der Waals surface area contributed by atoms with Crippen molar-refractivity contribution in [2.45, 2.75) is 65.2 Å². The Morgan fingerprint density at radius 2 is 1.65 bits per heavy atom. The minimum absolute atomic E-state index is 0.0143. The number of amides is 1. The van der Waals surface area contributed by atoms with Crippen LogP contribution in [-0.2, 0) is 32.1 Å². The highest BCUT2D eigenvalue weighted by Gasteiger charge is 2.24. The molecule has 1 unspecified atom stereocenters. The van der Waals surface area contributed by atoms with E-state index in [2.05, 4.69) is 5.32 Å². The zero-order valence-corrected chi connectivity index (χ0v) is 18.6. The first-order valence-electron chi connectivity index (χ1n) is 10.4. The quantitative estimate of drug-likeness (QED) is 0.597. The van der Waals surface area contributed by atoms with Crippen LogP contribution < -0.4 is 5.32 Å². The third-order valence-electron chi connectivity index (χ3n) is 4.41. The summed E-state index contributed by atoms with van der Waals surface area (Å²) in [6, 6.07) is 16.0. The van der Waals surface area contributed by atoms with Crippen LogP contribution in [0.1, 0.15) is 50.3 Å². The second-order valence-corrected chi connectivity index (χ2v) is 8.52. The van der Waals surface area contributed by atoms with E-state index in [4.69, 9.17) is 9.47 Å². The van der Waals surface area contributed by atoms with E-state index in [9.17, 15) is 14.4 Å². The molecule has 0 aliphatic carbocycles. The lowest BCUT2D eigenvalue weighted by Gasteiger charge is -2.21. The van der Waals surface area contributed by atoms with E-state index in [1.165, 1.54) is 0 Å². The van der Waals surface area contributed by atoms with Gasteiger partial charge in [0.1, 0.15) is 12.2 Å². The Balaban J connectivity index is 2.00. The molecule has 0 radical (unpaired) electrons. The fraction of sp³-hybridized carbons (Fsp3) is 0.400. The molecule has 0 heterocycles. The van der Waals surface area contributed by atoms with Gasteiger partial charge in [0.05, 0.1) is 6.04 Å². The van der Waals surface area contributed by atoms with Crippen molar-refractivity contribution in [1.82, 2.24) is 5.32 Å². The predicted octanol–water partition coefficient (Wildman–Crippen LogP) is 4.52. The van der Waals surface area contributed by atoms with Crippen LogP contribution in [0.4, 0.5) is 4.79 Å². The van der Waals surface area contributed by atoms with Crippen LogP contribution in [0, 0.1) is 6.92 Å². The molecule has 2 aromatic rings. The van der Waals surface area contributed by atoms with Gasteiger partial charge in [0.2, 0.25) is 0 Å². The molecule has 1 atom stereocenters. The van der Waals surface area contributed by atoms with E-state index < -0.39 is 23.7 Å². The topological polar surface area (TPSA) is 81.7 Å². The van der Waals surface area contributed by atoms with Crippen molar-refractivity contribution in [3.05, 3.63) is 71.3 Å². The van der Waals surface area contributed by atoms with Crippen LogP contribution >= 0.6 is 0 Å². The van der Waals surface area contributed by atoms with Gasteiger partial charge in [-0.25, -0.2) is 4.79 Å². The van der Waals surface area contributed by atoms with Gasteiger partial charge in [0.15, 0.2) is 5.78 Å². The number of hydrogen-bond donors (Lipinski definition) is 1. The Hall–Kier alpha value is -3.15. The smallest absolute Gasteiger partial charge is 0.408 e. The summed E-state index contributed by atoms with van der Waals surface area (Å²) < 4.78 is 10.6. The summed E-state index contributed by atoms with van der Waals surface area (Å²) in [5.74, 6) is -0.605. The summed E-state index contributed by atoms with van der Waals surface area (Å²) in [5.41, 5.74) is 2.13. The van der Waals surface area contributed by atoms with Crippen LogP contribution in [0.2, 0.25) is 0 Å². The molecular formula is C25H31NO5. The van der Waals surface area contributed by atoms with E-state index in [1.807, 2.05) is 61.5 Å². The molecule has 2 aromatic carbocycles. The number of nitrogens with one attached hydrogen (secondary N) is 1. The van der Waals surface area contributed by atoms with Crippen LogP contribution in [0.25, 0.3) is 0 Å². The molecule has 6 heteroatoms. The fourth-order valence-corrected chi connectivity index (χ4v) is 3.02. The third-order valence-corrected chi connectivity index (χ3v) is 4.41. The maximum atomic E-state index is 12.9. The van der Waals surface area contributed by atoms with Gasteiger partial charge in [-0.3, -0.25) is 9.59 Å². The number of aryl methyl sites for hydroxylation is 1. The standard InChI is InChI=1S/C25H31NO5/c1-18-9-8-12-20(15-18)16-22(27)21(13-14-23(28)31-25(2,3)4)26-24(29)30-17-19-10-6-5-7-11-19/h5-12,15,21H,13-14,16-17H2,1-4H3,(H,26,29). The SMILES string of the molecule is Cc1cccc(CC(=O)C(CCC(=O)OC(C)(C)C)NC(=O)OCc2ccccc2)c1. The zero-order valence-electron chi connectivity index (χ0n) is 18.6. The Kier molecular flexibility index (Phi) is 8.79. The Morgan fingerprint density at radius 3 is 2.29 bits per heavy atom. The number of rotatable bonds is 9. The molecule has 0 saturated heterocycles. The number of ether oxygens (including phenoxy) is 2. The van der Waals surface area contributed by atoms with Gasteiger partial charge in [0, 0.05) is 12.8 Å². The van der Waals surface area contributed by atoms with Crippen molar-refractivity contribution in [2.24, 2.45) is 0 Å².